The molecule has 0 amide bonds. The van der Waals surface area contributed by atoms with Gasteiger partial charge in [0.1, 0.15) is 5.71 Å². The monoisotopic (exact) mass is 505 g/mol. The molecule has 0 N–H and O–H groups in total. The van der Waals surface area contributed by atoms with Gasteiger partial charge in [-0.25, -0.2) is 4.79 Å². The van der Waals surface area contributed by atoms with Gasteiger partial charge < -0.3 is 9.40 Å². The number of hydrogen-bond acceptors (Lipinski definition) is 5. The number of aromatic nitrogens is 1. The van der Waals surface area contributed by atoms with E-state index in [1.165, 1.54) is 12.5 Å². The molecule has 0 bridgehead atoms. The highest BCUT2D eigenvalue weighted by Crippen LogP contribution is 2.39. The predicted molar refractivity (Wildman–Crippen MR) is 152 cm³/mol. The van der Waals surface area contributed by atoms with Gasteiger partial charge in [0.25, 0.3) is 5.69 Å². The van der Waals surface area contributed by atoms with Crippen LogP contribution < -0.4 is 0 Å². The predicted octanol–water partition coefficient (Wildman–Crippen LogP) is 7.45. The van der Waals surface area contributed by atoms with E-state index in [4.69, 9.17) is 4.84 Å². The largest absolute Gasteiger partial charge is 0.336 e. The zero-order valence-electron chi connectivity index (χ0n) is 21.7. The molecule has 0 aliphatic rings. The third-order valence-electron chi connectivity index (χ3n) is 6.66. The third kappa shape index (κ3) is 4.43. The molecule has 0 unspecified atom stereocenters. The lowest BCUT2D eigenvalue weighted by Crippen LogP contribution is -2.08. The third-order valence-corrected chi connectivity index (χ3v) is 6.66. The Morgan fingerprint density at radius 3 is 2.34 bits per heavy atom. The number of carbonyl (C=O) groups is 1. The van der Waals surface area contributed by atoms with Gasteiger partial charge in [-0.3, -0.25) is 10.1 Å². The molecule has 7 heteroatoms. The fourth-order valence-corrected chi connectivity index (χ4v) is 4.91. The summed E-state index contributed by atoms with van der Waals surface area (Å²) >= 11 is 0. The van der Waals surface area contributed by atoms with Crippen LogP contribution in [0.2, 0.25) is 0 Å². The molecule has 1 heterocycles. The normalized spacial score (nSPS) is 11.7. The Kier molecular flexibility index (Phi) is 6.51. The van der Waals surface area contributed by atoms with Crippen molar-refractivity contribution in [2.45, 2.75) is 34.2 Å². The number of nitrogens with zero attached hydrogens (tertiary/aromatic N) is 3. The number of nitro groups is 1. The molecular formula is C31H27N3O4. The molecule has 0 radical (unpaired) electrons. The van der Waals surface area contributed by atoms with E-state index in [9.17, 15) is 14.9 Å². The van der Waals surface area contributed by atoms with Crippen LogP contribution in [0.1, 0.15) is 37.5 Å². The minimum atomic E-state index is -0.516. The highest BCUT2D eigenvalue weighted by atomic mass is 16.7. The molecule has 0 spiro atoms. The number of benzene rings is 4. The maximum absolute atomic E-state index is 12.1. The van der Waals surface area contributed by atoms with Gasteiger partial charge in [-0.2, -0.15) is 0 Å². The van der Waals surface area contributed by atoms with Gasteiger partial charge in [0, 0.05) is 52.3 Å². The molecule has 0 aliphatic carbocycles. The van der Waals surface area contributed by atoms with Gasteiger partial charge in [-0.05, 0) is 44.5 Å². The molecular weight excluding hydrogens is 478 g/mol. The Morgan fingerprint density at radius 1 is 0.947 bits per heavy atom. The summed E-state index contributed by atoms with van der Waals surface area (Å²) in [6.07, 6.45) is 2.14. The number of oxime groups is 1. The standard InChI is InChI=1S/C31H27N3O4/c1-19(2)15-16-33-28-14-13-22(30(32-38-21(4)35)23-10-6-5-9-20(23)3)17-26(28)27-18-29(34(36)37)24-11-7-8-12-25(24)31(27)33/h5-15,17-18H,16H2,1-4H3/b32-30-. The van der Waals surface area contributed by atoms with E-state index in [0.717, 1.165) is 43.9 Å². The van der Waals surface area contributed by atoms with Crippen molar-refractivity contribution in [3.05, 3.63) is 111 Å². The summed E-state index contributed by atoms with van der Waals surface area (Å²) in [5.74, 6) is -0.516. The van der Waals surface area contributed by atoms with Crippen molar-refractivity contribution in [3.63, 3.8) is 0 Å². The first kappa shape index (κ1) is 24.9. The fourth-order valence-electron chi connectivity index (χ4n) is 4.91. The van der Waals surface area contributed by atoms with Crippen LogP contribution in [0, 0.1) is 17.0 Å². The maximum Gasteiger partial charge on any atom is 0.332 e. The van der Waals surface area contributed by atoms with Gasteiger partial charge in [0.15, 0.2) is 0 Å². The van der Waals surface area contributed by atoms with Crippen LogP contribution in [0.5, 0.6) is 0 Å². The van der Waals surface area contributed by atoms with Crippen LogP contribution in [0.4, 0.5) is 5.69 Å². The summed E-state index contributed by atoms with van der Waals surface area (Å²) in [7, 11) is 0. The molecule has 1 aromatic heterocycles. The van der Waals surface area contributed by atoms with Crippen LogP contribution in [0.3, 0.4) is 0 Å². The minimum Gasteiger partial charge on any atom is -0.336 e. The fraction of sp³-hybridized carbons (Fsp3) is 0.161. The molecule has 38 heavy (non-hydrogen) atoms. The van der Waals surface area contributed by atoms with Crippen molar-refractivity contribution in [1.29, 1.82) is 0 Å². The van der Waals surface area contributed by atoms with Crippen molar-refractivity contribution in [2.75, 3.05) is 0 Å². The lowest BCUT2D eigenvalue weighted by atomic mass is 9.96. The van der Waals surface area contributed by atoms with E-state index < -0.39 is 5.97 Å². The Hall–Kier alpha value is -4.78. The number of allylic oxidation sites excluding steroid dienone is 2. The molecule has 190 valence electrons. The van der Waals surface area contributed by atoms with E-state index in [1.54, 1.807) is 12.1 Å². The number of aryl methyl sites for hydroxylation is 1. The maximum atomic E-state index is 12.1. The molecule has 5 aromatic rings. The average Bonchev–Trinajstić information content (AvgIpc) is 3.21. The van der Waals surface area contributed by atoms with Crippen molar-refractivity contribution < 1.29 is 14.6 Å². The second-order valence-corrected chi connectivity index (χ2v) is 9.56. The smallest absolute Gasteiger partial charge is 0.332 e. The van der Waals surface area contributed by atoms with Crippen molar-refractivity contribution in [3.8, 4) is 0 Å². The summed E-state index contributed by atoms with van der Waals surface area (Å²) in [6, 6.07) is 22.8. The van der Waals surface area contributed by atoms with Crippen LogP contribution in [-0.4, -0.2) is 21.2 Å². The quantitative estimate of drug-likeness (QED) is 0.0788. The van der Waals surface area contributed by atoms with E-state index in [2.05, 4.69) is 29.6 Å². The minimum absolute atomic E-state index is 0.0625. The molecule has 0 atom stereocenters. The highest BCUT2D eigenvalue weighted by Gasteiger charge is 2.22. The number of rotatable bonds is 6. The number of hydrogen-bond donors (Lipinski definition) is 0. The molecule has 4 aromatic carbocycles. The molecule has 0 aliphatic heterocycles. The zero-order chi connectivity index (χ0) is 27.0. The average molecular weight is 506 g/mol. The number of non-ortho nitro benzene ring substituents is 1. The second kappa shape index (κ2) is 9.94. The SMILES string of the molecule is CC(=O)O/N=C(/c1ccc2c(c1)c1cc([N+](=O)[O-])c3ccccc3c1n2CC=C(C)C)c1ccccc1C. The van der Waals surface area contributed by atoms with Gasteiger partial charge >= 0.3 is 5.97 Å². The number of carbonyl (C=O) groups excluding carboxylic acids is 1. The summed E-state index contributed by atoms with van der Waals surface area (Å²) in [4.78, 5) is 28.5. The van der Waals surface area contributed by atoms with Crippen LogP contribution in [0.25, 0.3) is 32.6 Å². The van der Waals surface area contributed by atoms with Gasteiger partial charge in [0.05, 0.1) is 15.8 Å². The van der Waals surface area contributed by atoms with E-state index in [0.29, 0.717) is 17.6 Å². The van der Waals surface area contributed by atoms with Crippen LogP contribution in [0.15, 0.2) is 89.6 Å². The van der Waals surface area contributed by atoms with E-state index in [-0.39, 0.29) is 10.6 Å². The summed E-state index contributed by atoms with van der Waals surface area (Å²) in [6.45, 7) is 8.00. The van der Waals surface area contributed by atoms with Crippen LogP contribution >= 0.6 is 0 Å². The van der Waals surface area contributed by atoms with E-state index in [1.807, 2.05) is 67.6 Å². The Labute approximate surface area is 219 Å². The Balaban J connectivity index is 1.87. The summed E-state index contributed by atoms with van der Waals surface area (Å²) in [5, 5.41) is 19.4. The van der Waals surface area contributed by atoms with Gasteiger partial charge in [-0.15, -0.1) is 0 Å². The van der Waals surface area contributed by atoms with Crippen molar-refractivity contribution >= 4 is 49.9 Å². The lowest BCUT2D eigenvalue weighted by Gasteiger charge is -2.10. The molecule has 0 saturated carbocycles. The molecule has 7 nitrogen and oxygen atoms in total. The van der Waals surface area contributed by atoms with Gasteiger partial charge in [0.2, 0.25) is 0 Å². The molecule has 0 saturated heterocycles. The van der Waals surface area contributed by atoms with Crippen molar-refractivity contribution in [1.82, 2.24) is 4.57 Å². The lowest BCUT2D eigenvalue weighted by molar-refractivity contribution is -0.382. The van der Waals surface area contributed by atoms with Gasteiger partial charge in [-0.1, -0.05) is 65.3 Å². The Bertz CT molecular complexity index is 1810. The second-order valence-electron chi connectivity index (χ2n) is 9.56. The molecule has 0 fully saturated rings. The topological polar surface area (TPSA) is 86.7 Å². The summed E-state index contributed by atoms with van der Waals surface area (Å²) < 4.78 is 2.20. The number of nitro benzene ring substituents is 1. The van der Waals surface area contributed by atoms with E-state index >= 15 is 0 Å². The summed E-state index contributed by atoms with van der Waals surface area (Å²) in [5.41, 5.74) is 6.19. The molecule has 5 rings (SSSR count). The zero-order valence-corrected chi connectivity index (χ0v) is 21.7. The highest BCUT2D eigenvalue weighted by molar-refractivity contribution is 6.22. The van der Waals surface area contributed by atoms with Crippen molar-refractivity contribution in [2.24, 2.45) is 5.16 Å². The first-order chi connectivity index (χ1) is 18.3. The Morgan fingerprint density at radius 2 is 1.66 bits per heavy atom. The van der Waals surface area contributed by atoms with Crippen LogP contribution in [-0.2, 0) is 16.2 Å². The first-order valence-electron chi connectivity index (χ1n) is 12.3. The first-order valence-corrected chi connectivity index (χ1v) is 12.3. The number of fused-ring (bicyclic) bond motifs is 5.